The fourth-order valence-corrected chi connectivity index (χ4v) is 4.43. The Morgan fingerprint density at radius 3 is 2.14 bits per heavy atom. The van der Waals surface area contributed by atoms with Crippen LogP contribution in [-0.4, -0.2) is 74.0 Å². The van der Waals surface area contributed by atoms with Crippen molar-refractivity contribution in [1.82, 2.24) is 19.9 Å². The van der Waals surface area contributed by atoms with Crippen LogP contribution in [0.25, 0.3) is 0 Å². The predicted octanol–water partition coefficient (Wildman–Crippen LogP) is 0.515. The maximum absolute atomic E-state index is 12.3. The first kappa shape index (κ1) is 19.4. The molecule has 1 saturated carbocycles. The average Bonchev–Trinajstić information content (AvgIpc) is 3.60. The summed E-state index contributed by atoms with van der Waals surface area (Å²) >= 11 is 0. The van der Waals surface area contributed by atoms with Gasteiger partial charge in [0.05, 0.1) is 25.5 Å². The lowest BCUT2D eigenvalue weighted by Crippen LogP contribution is -2.47. The number of hydrogen-bond acceptors (Lipinski definition) is 10. The highest BCUT2D eigenvalue weighted by atomic mass is 32.2. The molecule has 1 aliphatic carbocycles. The van der Waals surface area contributed by atoms with Gasteiger partial charge in [0.2, 0.25) is 27.7 Å². The van der Waals surface area contributed by atoms with Crippen molar-refractivity contribution in [2.24, 2.45) is 0 Å². The first-order chi connectivity index (χ1) is 14.0. The second-order valence-electron chi connectivity index (χ2n) is 6.80. The first-order valence-electron chi connectivity index (χ1n) is 9.30. The van der Waals surface area contributed by atoms with Crippen molar-refractivity contribution < 1.29 is 17.9 Å². The largest absolute Gasteiger partial charge is 0.481 e. The van der Waals surface area contributed by atoms with E-state index in [0.29, 0.717) is 62.5 Å². The van der Waals surface area contributed by atoms with E-state index < -0.39 is 10.0 Å². The van der Waals surface area contributed by atoms with Crippen molar-refractivity contribution in [3.05, 3.63) is 18.5 Å². The van der Waals surface area contributed by atoms with E-state index in [9.17, 15) is 8.42 Å². The molecule has 29 heavy (non-hydrogen) atoms. The zero-order valence-corrected chi connectivity index (χ0v) is 17.1. The minimum absolute atomic E-state index is 0.271. The third-order valence-corrected chi connectivity index (χ3v) is 6.66. The number of sulfonamides is 1. The highest BCUT2D eigenvalue weighted by molar-refractivity contribution is 7.93. The predicted molar refractivity (Wildman–Crippen MR) is 107 cm³/mol. The molecular formula is C17H23N7O4S. The van der Waals surface area contributed by atoms with Gasteiger partial charge in [-0.3, -0.25) is 4.72 Å². The third kappa shape index (κ3) is 4.26. The number of nitrogens with one attached hydrogen (secondary N) is 1. The van der Waals surface area contributed by atoms with E-state index in [2.05, 4.69) is 24.7 Å². The van der Waals surface area contributed by atoms with E-state index in [-0.39, 0.29) is 11.1 Å². The lowest BCUT2D eigenvalue weighted by molar-refractivity contribution is 0.371. The Kier molecular flexibility index (Phi) is 5.26. The molecule has 2 fully saturated rings. The van der Waals surface area contributed by atoms with Gasteiger partial charge in [0.25, 0.3) is 0 Å². The van der Waals surface area contributed by atoms with Gasteiger partial charge in [-0.15, -0.1) is 0 Å². The van der Waals surface area contributed by atoms with Crippen LogP contribution in [0.5, 0.6) is 11.8 Å². The summed E-state index contributed by atoms with van der Waals surface area (Å²) in [6, 6.07) is 1.62. The number of piperazine rings is 1. The van der Waals surface area contributed by atoms with Crippen LogP contribution in [0.4, 0.5) is 17.6 Å². The molecule has 1 aliphatic heterocycles. The Morgan fingerprint density at radius 1 is 0.966 bits per heavy atom. The molecule has 0 bridgehead atoms. The standard InChI is InChI=1S/C17H23N7O4S/c1-27-13-11-14(28-2)21-17(20-13)24-9-7-23(8-10-24)16-15(18-5-6-19-16)22-29(25,26)12-3-4-12/h5-6,11-12H,3-4,7-10H2,1-2H3,(H,18,22). The fraction of sp³-hybridized carbons (Fsp3) is 0.529. The number of nitrogens with zero attached hydrogens (tertiary/aromatic N) is 6. The van der Waals surface area contributed by atoms with Crippen molar-refractivity contribution in [2.45, 2.75) is 18.1 Å². The molecular weight excluding hydrogens is 398 g/mol. The summed E-state index contributed by atoms with van der Waals surface area (Å²) in [5, 5.41) is -0.325. The van der Waals surface area contributed by atoms with Crippen molar-refractivity contribution in [3.63, 3.8) is 0 Å². The van der Waals surface area contributed by atoms with Gasteiger partial charge in [-0.2, -0.15) is 9.97 Å². The minimum atomic E-state index is -3.41. The van der Waals surface area contributed by atoms with E-state index in [1.807, 2.05) is 9.80 Å². The van der Waals surface area contributed by atoms with Gasteiger partial charge in [-0.1, -0.05) is 0 Å². The van der Waals surface area contributed by atoms with Crippen molar-refractivity contribution in [2.75, 3.05) is 54.9 Å². The van der Waals surface area contributed by atoms with Gasteiger partial charge in [-0.05, 0) is 12.8 Å². The molecule has 0 atom stereocenters. The Hall–Kier alpha value is -2.89. The molecule has 0 spiro atoms. The van der Waals surface area contributed by atoms with Gasteiger partial charge in [0, 0.05) is 38.6 Å². The highest BCUT2D eigenvalue weighted by Gasteiger charge is 2.37. The SMILES string of the molecule is COc1cc(OC)nc(N2CCN(c3nccnc3NS(=O)(=O)C3CC3)CC2)n1. The molecule has 2 aromatic heterocycles. The molecule has 0 aromatic carbocycles. The van der Waals surface area contributed by atoms with Crippen LogP contribution >= 0.6 is 0 Å². The van der Waals surface area contributed by atoms with Crippen molar-refractivity contribution in [3.8, 4) is 11.8 Å². The summed E-state index contributed by atoms with van der Waals surface area (Å²) in [6.07, 6.45) is 4.43. The molecule has 11 nitrogen and oxygen atoms in total. The number of aromatic nitrogens is 4. The molecule has 3 heterocycles. The topological polar surface area (TPSA) is 123 Å². The molecule has 1 saturated heterocycles. The summed E-state index contributed by atoms with van der Waals surface area (Å²) in [4.78, 5) is 21.4. The summed E-state index contributed by atoms with van der Waals surface area (Å²) in [5.74, 6) is 2.18. The fourth-order valence-electron chi connectivity index (χ4n) is 3.09. The maximum Gasteiger partial charge on any atom is 0.236 e. The van der Waals surface area contributed by atoms with Crippen LogP contribution in [0.15, 0.2) is 18.5 Å². The van der Waals surface area contributed by atoms with Gasteiger partial charge in [0.1, 0.15) is 0 Å². The van der Waals surface area contributed by atoms with Crippen LogP contribution < -0.4 is 24.0 Å². The zero-order valence-electron chi connectivity index (χ0n) is 16.3. The maximum atomic E-state index is 12.3. The van der Waals surface area contributed by atoms with Crippen molar-refractivity contribution in [1.29, 1.82) is 0 Å². The number of methoxy groups -OCH3 is 2. The van der Waals surface area contributed by atoms with Crippen LogP contribution in [0.1, 0.15) is 12.8 Å². The summed E-state index contributed by atoms with van der Waals surface area (Å²) < 4.78 is 37.7. The molecule has 4 rings (SSSR count). The Balaban J connectivity index is 1.48. The van der Waals surface area contributed by atoms with Crippen LogP contribution in [0.3, 0.4) is 0 Å². The Morgan fingerprint density at radius 2 is 1.55 bits per heavy atom. The molecule has 2 aromatic rings. The lowest BCUT2D eigenvalue weighted by atomic mass is 10.3. The second kappa shape index (κ2) is 7.85. The molecule has 156 valence electrons. The van der Waals surface area contributed by atoms with Crippen molar-refractivity contribution >= 4 is 27.6 Å². The average molecular weight is 421 g/mol. The number of rotatable bonds is 7. The lowest BCUT2D eigenvalue weighted by Gasteiger charge is -2.35. The zero-order chi connectivity index (χ0) is 20.4. The van der Waals surface area contributed by atoms with E-state index in [1.165, 1.54) is 6.20 Å². The quantitative estimate of drug-likeness (QED) is 0.676. The molecule has 0 amide bonds. The normalized spacial score (nSPS) is 17.2. The van der Waals surface area contributed by atoms with E-state index in [1.54, 1.807) is 26.5 Å². The number of hydrogen-bond donors (Lipinski definition) is 1. The Bertz CT molecular complexity index is 953. The van der Waals surface area contributed by atoms with Gasteiger partial charge in [-0.25, -0.2) is 18.4 Å². The van der Waals surface area contributed by atoms with E-state index in [4.69, 9.17) is 9.47 Å². The molecule has 1 N–H and O–H groups in total. The monoisotopic (exact) mass is 421 g/mol. The van der Waals surface area contributed by atoms with Gasteiger partial charge >= 0.3 is 0 Å². The molecule has 2 aliphatic rings. The molecule has 0 radical (unpaired) electrons. The Labute approximate surface area is 169 Å². The smallest absolute Gasteiger partial charge is 0.236 e. The van der Waals surface area contributed by atoms with Crippen LogP contribution in [0.2, 0.25) is 0 Å². The van der Waals surface area contributed by atoms with Gasteiger partial charge in [0.15, 0.2) is 11.6 Å². The summed E-state index contributed by atoms with van der Waals surface area (Å²) in [5.41, 5.74) is 0. The minimum Gasteiger partial charge on any atom is -0.481 e. The van der Waals surface area contributed by atoms with E-state index in [0.717, 1.165) is 0 Å². The number of ether oxygens (including phenoxy) is 2. The third-order valence-electron chi connectivity index (χ3n) is 4.83. The van der Waals surface area contributed by atoms with E-state index >= 15 is 0 Å². The molecule has 0 unspecified atom stereocenters. The van der Waals surface area contributed by atoms with Crippen LogP contribution in [-0.2, 0) is 10.0 Å². The highest BCUT2D eigenvalue weighted by Crippen LogP contribution is 2.31. The summed E-state index contributed by atoms with van der Waals surface area (Å²) in [7, 11) is -0.321. The number of anilines is 3. The summed E-state index contributed by atoms with van der Waals surface area (Å²) in [6.45, 7) is 2.48. The molecule has 12 heteroatoms. The van der Waals surface area contributed by atoms with Crippen LogP contribution in [0, 0.1) is 0 Å². The van der Waals surface area contributed by atoms with Gasteiger partial charge < -0.3 is 19.3 Å². The first-order valence-corrected chi connectivity index (χ1v) is 10.8. The second-order valence-corrected chi connectivity index (χ2v) is 8.76.